The second-order valence-electron chi connectivity index (χ2n) is 2.85. The highest BCUT2D eigenvalue weighted by atomic mass is 35.5. The van der Waals surface area contributed by atoms with Crippen LogP contribution < -0.4 is 0 Å². The summed E-state index contributed by atoms with van der Waals surface area (Å²) in [4.78, 5) is 8.80. The Hall–Kier alpha value is -0.390. The van der Waals surface area contributed by atoms with Crippen molar-refractivity contribution < 1.29 is 0 Å². The van der Waals surface area contributed by atoms with Gasteiger partial charge in [0.05, 0.1) is 11.7 Å². The number of thioether (sulfide) groups is 2. The van der Waals surface area contributed by atoms with Crippen molar-refractivity contribution in [3.05, 3.63) is 18.1 Å². The quantitative estimate of drug-likeness (QED) is 0.472. The van der Waals surface area contributed by atoms with Crippen LogP contribution in [0.4, 0.5) is 0 Å². The van der Waals surface area contributed by atoms with Crippen molar-refractivity contribution in [1.82, 2.24) is 14.4 Å². The Morgan fingerprint density at radius 2 is 2.00 bits per heavy atom. The van der Waals surface area contributed by atoms with Gasteiger partial charge in [0.1, 0.15) is 10.9 Å². The molecule has 2 aromatic rings. The first-order valence-corrected chi connectivity index (χ1v) is 6.64. The zero-order chi connectivity index (χ0) is 10.1. The number of rotatable bonds is 2. The third-order valence-electron chi connectivity index (χ3n) is 2.03. The number of aryl methyl sites for hydroxylation is 1. The van der Waals surface area contributed by atoms with E-state index in [1.54, 1.807) is 23.5 Å². The van der Waals surface area contributed by atoms with E-state index >= 15 is 0 Å². The lowest BCUT2D eigenvalue weighted by molar-refractivity contribution is 0.822. The molecule has 0 saturated carbocycles. The normalized spacial score (nSPS) is 10.3. The minimum absolute atomic E-state index is 0. The summed E-state index contributed by atoms with van der Waals surface area (Å²) in [6.45, 7) is 1.99. The Morgan fingerprint density at radius 1 is 1.27 bits per heavy atom. The lowest BCUT2D eigenvalue weighted by atomic mass is 10.5. The van der Waals surface area contributed by atoms with Crippen LogP contribution >= 0.6 is 35.9 Å². The van der Waals surface area contributed by atoms with Gasteiger partial charge in [0.2, 0.25) is 0 Å². The van der Waals surface area contributed by atoms with Crippen LogP contribution in [-0.2, 0) is 0 Å². The van der Waals surface area contributed by atoms with Crippen molar-refractivity contribution in [3.63, 3.8) is 0 Å². The first-order valence-electron chi connectivity index (χ1n) is 4.19. The van der Waals surface area contributed by atoms with E-state index in [2.05, 4.69) is 20.4 Å². The zero-order valence-corrected chi connectivity index (χ0v) is 11.2. The molecule has 0 aliphatic heterocycles. The maximum atomic E-state index is 4.52. The predicted molar refractivity (Wildman–Crippen MR) is 68.5 cm³/mol. The largest absolute Gasteiger partial charge is 0.276 e. The number of nitrogens with zero attached hydrogens (tertiary/aromatic N) is 3. The first kappa shape index (κ1) is 12.7. The molecule has 3 nitrogen and oxygen atoms in total. The van der Waals surface area contributed by atoms with E-state index in [4.69, 9.17) is 0 Å². The van der Waals surface area contributed by atoms with Crippen molar-refractivity contribution in [2.75, 3.05) is 12.5 Å². The van der Waals surface area contributed by atoms with Crippen LogP contribution in [0.25, 0.3) is 5.52 Å². The van der Waals surface area contributed by atoms with E-state index in [0.29, 0.717) is 0 Å². The SMILES string of the molecule is CSc1cc2cnc(C)n2c(SC)n1.Cl. The number of fused-ring (bicyclic) bond motifs is 1. The molecule has 82 valence electrons. The summed E-state index contributed by atoms with van der Waals surface area (Å²) in [5, 5.41) is 2.05. The maximum Gasteiger partial charge on any atom is 0.174 e. The highest BCUT2D eigenvalue weighted by molar-refractivity contribution is 7.99. The lowest BCUT2D eigenvalue weighted by Crippen LogP contribution is -1.96. The molecular formula is C9H12ClN3S2. The van der Waals surface area contributed by atoms with Crippen LogP contribution in [0.1, 0.15) is 5.82 Å². The third-order valence-corrected chi connectivity index (χ3v) is 3.29. The average molecular weight is 262 g/mol. The molecule has 2 heterocycles. The number of hydrogen-bond acceptors (Lipinski definition) is 4. The van der Waals surface area contributed by atoms with Gasteiger partial charge < -0.3 is 0 Å². The summed E-state index contributed by atoms with van der Waals surface area (Å²) in [5.41, 5.74) is 1.12. The predicted octanol–water partition coefficient (Wildman–Crippen LogP) is 2.90. The molecule has 0 aromatic carbocycles. The minimum Gasteiger partial charge on any atom is -0.276 e. The molecule has 0 spiro atoms. The fraction of sp³-hybridized carbons (Fsp3) is 0.333. The second-order valence-corrected chi connectivity index (χ2v) is 4.45. The number of hydrogen-bond donors (Lipinski definition) is 0. The molecule has 0 saturated heterocycles. The number of halogens is 1. The monoisotopic (exact) mass is 261 g/mol. The Kier molecular flexibility index (Phi) is 4.31. The first-order chi connectivity index (χ1) is 6.76. The van der Waals surface area contributed by atoms with Crippen molar-refractivity contribution in [1.29, 1.82) is 0 Å². The molecular weight excluding hydrogens is 250 g/mol. The average Bonchev–Trinajstić information content (AvgIpc) is 2.59. The Balaban J connectivity index is 0.00000112. The molecule has 0 N–H and O–H groups in total. The van der Waals surface area contributed by atoms with Crippen LogP contribution in [0.2, 0.25) is 0 Å². The van der Waals surface area contributed by atoms with Gasteiger partial charge in [-0.15, -0.1) is 24.2 Å². The standard InChI is InChI=1S/C9H11N3S2.ClH/c1-6-10-5-7-4-8(13-2)11-9(14-3)12(6)7;/h4-5H,1-3H3;1H. The van der Waals surface area contributed by atoms with Crippen molar-refractivity contribution in [2.24, 2.45) is 0 Å². The van der Waals surface area contributed by atoms with Gasteiger partial charge in [-0.1, -0.05) is 11.8 Å². The van der Waals surface area contributed by atoms with Gasteiger partial charge in [0.15, 0.2) is 5.16 Å². The fourth-order valence-corrected chi connectivity index (χ4v) is 2.44. The third kappa shape index (κ3) is 2.24. The van der Waals surface area contributed by atoms with Crippen molar-refractivity contribution in [3.8, 4) is 0 Å². The smallest absolute Gasteiger partial charge is 0.174 e. The summed E-state index contributed by atoms with van der Waals surface area (Å²) in [6, 6.07) is 2.06. The van der Waals surface area contributed by atoms with Gasteiger partial charge in [0.25, 0.3) is 0 Å². The van der Waals surface area contributed by atoms with Crippen molar-refractivity contribution in [2.45, 2.75) is 17.1 Å². The van der Waals surface area contributed by atoms with E-state index in [9.17, 15) is 0 Å². The van der Waals surface area contributed by atoms with Gasteiger partial charge in [-0.2, -0.15) is 0 Å². The highest BCUT2D eigenvalue weighted by Crippen LogP contribution is 2.22. The number of imidazole rings is 1. The van der Waals surface area contributed by atoms with Crippen LogP contribution in [0.3, 0.4) is 0 Å². The lowest BCUT2D eigenvalue weighted by Gasteiger charge is -2.05. The van der Waals surface area contributed by atoms with Gasteiger partial charge in [-0.05, 0) is 25.5 Å². The van der Waals surface area contributed by atoms with E-state index in [1.165, 1.54) is 0 Å². The summed E-state index contributed by atoms with van der Waals surface area (Å²) >= 11 is 3.30. The molecule has 0 fully saturated rings. The van der Waals surface area contributed by atoms with E-state index in [0.717, 1.165) is 21.5 Å². The fourth-order valence-electron chi connectivity index (χ4n) is 1.36. The van der Waals surface area contributed by atoms with Gasteiger partial charge in [0, 0.05) is 0 Å². The van der Waals surface area contributed by atoms with E-state index in [-0.39, 0.29) is 12.4 Å². The Morgan fingerprint density at radius 3 is 2.60 bits per heavy atom. The summed E-state index contributed by atoms with van der Waals surface area (Å²) < 4.78 is 2.07. The topological polar surface area (TPSA) is 30.2 Å². The van der Waals surface area contributed by atoms with E-state index < -0.39 is 0 Å². The molecule has 0 aliphatic rings. The van der Waals surface area contributed by atoms with Gasteiger partial charge >= 0.3 is 0 Å². The minimum atomic E-state index is 0. The maximum absolute atomic E-state index is 4.52. The molecule has 0 unspecified atom stereocenters. The van der Waals surface area contributed by atoms with Gasteiger partial charge in [-0.25, -0.2) is 9.97 Å². The van der Waals surface area contributed by atoms with Crippen molar-refractivity contribution >= 4 is 41.4 Å². The van der Waals surface area contributed by atoms with Crippen LogP contribution in [-0.4, -0.2) is 26.9 Å². The molecule has 0 amide bonds. The highest BCUT2D eigenvalue weighted by Gasteiger charge is 2.07. The second kappa shape index (κ2) is 5.09. The zero-order valence-electron chi connectivity index (χ0n) is 8.72. The summed E-state index contributed by atoms with van der Waals surface area (Å²) in [7, 11) is 0. The van der Waals surface area contributed by atoms with Crippen LogP contribution in [0.15, 0.2) is 22.4 Å². The molecule has 2 rings (SSSR count). The summed E-state index contributed by atoms with van der Waals surface area (Å²) in [5.74, 6) is 0.990. The molecule has 0 atom stereocenters. The van der Waals surface area contributed by atoms with E-state index in [1.807, 2.05) is 25.6 Å². The Bertz CT molecular complexity index is 470. The Labute approximate surface area is 103 Å². The number of aromatic nitrogens is 3. The summed E-state index contributed by atoms with van der Waals surface area (Å²) in [6.07, 6.45) is 5.95. The van der Waals surface area contributed by atoms with Crippen LogP contribution in [0, 0.1) is 6.92 Å². The van der Waals surface area contributed by atoms with Crippen LogP contribution in [0.5, 0.6) is 0 Å². The molecule has 0 aliphatic carbocycles. The molecule has 15 heavy (non-hydrogen) atoms. The van der Waals surface area contributed by atoms with Gasteiger partial charge in [-0.3, -0.25) is 4.40 Å². The molecule has 2 aromatic heterocycles. The molecule has 0 bridgehead atoms. The molecule has 0 radical (unpaired) electrons. The molecule has 6 heteroatoms.